The predicted octanol–water partition coefficient (Wildman–Crippen LogP) is 7.52. The molecule has 2 fully saturated rings. The van der Waals surface area contributed by atoms with Crippen LogP contribution >= 0.6 is 0 Å². The van der Waals surface area contributed by atoms with E-state index in [1.54, 1.807) is 0 Å². The Bertz CT molecular complexity index is 675. The highest BCUT2D eigenvalue weighted by Crippen LogP contribution is 2.50. The quantitative estimate of drug-likeness (QED) is 0.407. The van der Waals surface area contributed by atoms with Crippen molar-refractivity contribution in [3.63, 3.8) is 0 Å². The van der Waals surface area contributed by atoms with Crippen LogP contribution < -0.4 is 0 Å². The second-order valence-electron chi connectivity index (χ2n) is 9.63. The van der Waals surface area contributed by atoms with E-state index in [0.717, 1.165) is 44.9 Å². The van der Waals surface area contributed by atoms with E-state index >= 15 is 0 Å². The molecule has 0 amide bonds. The summed E-state index contributed by atoms with van der Waals surface area (Å²) in [6, 6.07) is 12.0. The molecule has 0 bridgehead atoms. The highest BCUT2D eigenvalue weighted by molar-refractivity contribution is 5.79. The zero-order valence-corrected chi connectivity index (χ0v) is 18.4. The number of rotatable bonds is 9. The molecule has 2 nitrogen and oxygen atoms in total. The van der Waals surface area contributed by atoms with E-state index in [9.17, 15) is 10.1 Å². The van der Waals surface area contributed by atoms with Crippen LogP contribution in [0.1, 0.15) is 114 Å². The molecule has 2 saturated carbocycles. The van der Waals surface area contributed by atoms with E-state index in [0.29, 0.717) is 24.0 Å². The standard InChI is InChI=1S/C27H39NO/c1-2-3-4-5-6-7-9-22-12-14-23(15-13-22)24-16-18-27(21-28,19-17-24)25-10-8-11-26(29)20-25/h12-15,24-25H,2-11,16-20H2,1H3/t24?,25-,27?/m1/s1. The average molecular weight is 394 g/mol. The zero-order valence-electron chi connectivity index (χ0n) is 18.4. The lowest BCUT2D eigenvalue weighted by Crippen LogP contribution is -2.36. The molecule has 2 aliphatic carbocycles. The van der Waals surface area contributed by atoms with E-state index in [2.05, 4.69) is 37.3 Å². The van der Waals surface area contributed by atoms with Gasteiger partial charge in [0.25, 0.3) is 0 Å². The molecule has 0 N–H and O–H groups in total. The summed E-state index contributed by atoms with van der Waals surface area (Å²) >= 11 is 0. The van der Waals surface area contributed by atoms with E-state index < -0.39 is 0 Å². The molecule has 0 saturated heterocycles. The van der Waals surface area contributed by atoms with Gasteiger partial charge in [0.2, 0.25) is 0 Å². The number of Topliss-reactive ketones (excluding diaryl/α,β-unsaturated/α-hetero) is 1. The topological polar surface area (TPSA) is 40.9 Å². The molecule has 1 aromatic carbocycles. The van der Waals surface area contributed by atoms with E-state index in [4.69, 9.17) is 0 Å². The van der Waals surface area contributed by atoms with Crippen molar-refractivity contribution in [3.05, 3.63) is 35.4 Å². The highest BCUT2D eigenvalue weighted by Gasteiger charge is 2.43. The lowest BCUT2D eigenvalue weighted by atomic mass is 9.60. The Balaban J connectivity index is 1.47. The summed E-state index contributed by atoms with van der Waals surface area (Å²) in [5, 5.41) is 9.96. The van der Waals surface area contributed by atoms with Crippen molar-refractivity contribution in [2.24, 2.45) is 11.3 Å². The number of hydrogen-bond acceptors (Lipinski definition) is 2. The third kappa shape index (κ3) is 5.94. The Labute approximate surface area is 178 Å². The Hall–Kier alpha value is -1.62. The van der Waals surface area contributed by atoms with Gasteiger partial charge < -0.3 is 0 Å². The molecular formula is C27H39NO. The minimum atomic E-state index is -0.246. The first-order valence-electron chi connectivity index (χ1n) is 12.2. The maximum Gasteiger partial charge on any atom is 0.133 e. The molecule has 2 heteroatoms. The van der Waals surface area contributed by atoms with Crippen LogP contribution in [0.15, 0.2) is 24.3 Å². The van der Waals surface area contributed by atoms with Crippen LogP contribution in [-0.4, -0.2) is 5.78 Å². The fourth-order valence-corrected chi connectivity index (χ4v) is 5.64. The van der Waals surface area contributed by atoms with Gasteiger partial charge in [0.1, 0.15) is 5.78 Å². The number of hydrogen-bond donors (Lipinski definition) is 0. The number of aryl methyl sites for hydroxylation is 1. The molecule has 0 spiro atoms. The fraction of sp³-hybridized carbons (Fsp3) is 0.704. The van der Waals surface area contributed by atoms with Gasteiger partial charge in [-0.25, -0.2) is 0 Å². The highest BCUT2D eigenvalue weighted by atomic mass is 16.1. The summed E-state index contributed by atoms with van der Waals surface area (Å²) in [7, 11) is 0. The molecule has 0 radical (unpaired) electrons. The Morgan fingerprint density at radius 2 is 1.69 bits per heavy atom. The van der Waals surface area contributed by atoms with Gasteiger partial charge in [0.15, 0.2) is 0 Å². The normalized spacial score (nSPS) is 27.5. The Kier molecular flexibility index (Phi) is 8.34. The van der Waals surface area contributed by atoms with Gasteiger partial charge >= 0.3 is 0 Å². The molecule has 1 aromatic rings. The first kappa shape index (κ1) is 22.1. The van der Waals surface area contributed by atoms with Gasteiger partial charge in [-0.1, -0.05) is 63.3 Å². The van der Waals surface area contributed by atoms with Crippen molar-refractivity contribution in [3.8, 4) is 6.07 Å². The fourth-order valence-electron chi connectivity index (χ4n) is 5.64. The molecule has 1 atom stereocenters. The lowest BCUT2D eigenvalue weighted by molar-refractivity contribution is -0.123. The van der Waals surface area contributed by atoms with E-state index in [-0.39, 0.29) is 5.41 Å². The summed E-state index contributed by atoms with van der Waals surface area (Å²) in [6.45, 7) is 2.27. The Morgan fingerprint density at radius 1 is 1.00 bits per heavy atom. The first-order chi connectivity index (χ1) is 14.2. The number of ketones is 1. The van der Waals surface area contributed by atoms with Gasteiger partial charge in [0, 0.05) is 12.8 Å². The van der Waals surface area contributed by atoms with E-state index in [1.165, 1.54) is 56.1 Å². The smallest absolute Gasteiger partial charge is 0.133 e. The molecule has 0 aromatic heterocycles. The van der Waals surface area contributed by atoms with Gasteiger partial charge in [-0.05, 0) is 74.3 Å². The third-order valence-corrected chi connectivity index (χ3v) is 7.63. The molecular weight excluding hydrogens is 354 g/mol. The summed E-state index contributed by atoms with van der Waals surface area (Å²) in [5.41, 5.74) is 2.67. The van der Waals surface area contributed by atoms with Crippen LogP contribution in [0.5, 0.6) is 0 Å². The van der Waals surface area contributed by atoms with Crippen LogP contribution in [0.25, 0.3) is 0 Å². The zero-order chi connectivity index (χ0) is 20.5. The number of nitriles is 1. The summed E-state index contributed by atoms with van der Waals surface area (Å²) in [5.74, 6) is 1.26. The predicted molar refractivity (Wildman–Crippen MR) is 120 cm³/mol. The van der Waals surface area contributed by atoms with Crippen LogP contribution in [0.4, 0.5) is 0 Å². The molecule has 2 aliphatic rings. The minimum Gasteiger partial charge on any atom is -0.300 e. The second-order valence-corrected chi connectivity index (χ2v) is 9.63. The summed E-state index contributed by atoms with van der Waals surface area (Å²) < 4.78 is 0. The molecule has 3 rings (SSSR count). The Morgan fingerprint density at radius 3 is 2.34 bits per heavy atom. The van der Waals surface area contributed by atoms with Crippen LogP contribution in [0.3, 0.4) is 0 Å². The third-order valence-electron chi connectivity index (χ3n) is 7.63. The van der Waals surface area contributed by atoms with Crippen molar-refractivity contribution in [2.75, 3.05) is 0 Å². The van der Waals surface area contributed by atoms with Crippen molar-refractivity contribution in [1.29, 1.82) is 5.26 Å². The van der Waals surface area contributed by atoms with Crippen molar-refractivity contribution in [1.82, 2.24) is 0 Å². The monoisotopic (exact) mass is 393 g/mol. The van der Waals surface area contributed by atoms with Gasteiger partial charge in [-0.3, -0.25) is 4.79 Å². The molecule has 29 heavy (non-hydrogen) atoms. The number of carbonyl (C=O) groups excluding carboxylic acids is 1. The molecule has 0 aliphatic heterocycles. The van der Waals surface area contributed by atoms with Crippen LogP contribution in [0.2, 0.25) is 0 Å². The number of unbranched alkanes of at least 4 members (excludes halogenated alkanes) is 5. The van der Waals surface area contributed by atoms with Gasteiger partial charge in [0.05, 0.1) is 11.5 Å². The van der Waals surface area contributed by atoms with E-state index in [1.807, 2.05) is 0 Å². The first-order valence-corrected chi connectivity index (χ1v) is 12.2. The van der Waals surface area contributed by atoms with Crippen molar-refractivity contribution in [2.45, 2.75) is 109 Å². The summed E-state index contributed by atoms with van der Waals surface area (Å²) in [4.78, 5) is 11.9. The second kappa shape index (κ2) is 11.0. The van der Waals surface area contributed by atoms with Crippen LogP contribution in [0, 0.1) is 22.7 Å². The maximum absolute atomic E-state index is 11.9. The van der Waals surface area contributed by atoms with Gasteiger partial charge in [-0.2, -0.15) is 5.26 Å². The lowest BCUT2D eigenvalue weighted by Gasteiger charge is -2.42. The molecule has 0 heterocycles. The molecule has 158 valence electrons. The van der Waals surface area contributed by atoms with Crippen LogP contribution in [-0.2, 0) is 11.2 Å². The number of benzene rings is 1. The number of carbonyl (C=O) groups is 1. The maximum atomic E-state index is 11.9. The van der Waals surface area contributed by atoms with Gasteiger partial charge in [-0.15, -0.1) is 0 Å². The number of nitrogens with zero attached hydrogens (tertiary/aromatic N) is 1. The summed E-state index contributed by atoms with van der Waals surface area (Å²) in [6.07, 6.45) is 16.8. The minimum absolute atomic E-state index is 0.246. The SMILES string of the molecule is CCCCCCCCc1ccc(C2CCC(C#N)([C@@H]3CCCC(=O)C3)CC2)cc1. The molecule has 0 unspecified atom stereocenters. The van der Waals surface area contributed by atoms with Crippen molar-refractivity contribution >= 4 is 5.78 Å². The average Bonchev–Trinajstić information content (AvgIpc) is 2.77. The largest absolute Gasteiger partial charge is 0.300 e. The van der Waals surface area contributed by atoms with Crippen molar-refractivity contribution < 1.29 is 4.79 Å².